The van der Waals surface area contributed by atoms with Crippen molar-refractivity contribution in [1.29, 1.82) is 0 Å². The van der Waals surface area contributed by atoms with Crippen molar-refractivity contribution in [3.63, 3.8) is 0 Å². The van der Waals surface area contributed by atoms with Crippen LogP contribution in [0.3, 0.4) is 0 Å². The first-order chi connectivity index (χ1) is 19.7. The summed E-state index contributed by atoms with van der Waals surface area (Å²) in [6.07, 6.45) is 14.4. The van der Waals surface area contributed by atoms with Crippen molar-refractivity contribution in [2.45, 2.75) is 69.5 Å². The first-order valence-electron chi connectivity index (χ1n) is 14.6. The molecule has 2 saturated carbocycles. The molecule has 3 unspecified atom stereocenters. The zero-order valence-electron chi connectivity index (χ0n) is 22.6. The third kappa shape index (κ3) is 5.54. The Morgan fingerprint density at radius 3 is 2.77 bits per heavy atom. The molecule has 1 saturated heterocycles. The number of nitrogens with zero attached hydrogens (tertiary/aromatic N) is 5. The number of hydrogen-bond acceptors (Lipinski definition) is 8. The van der Waals surface area contributed by atoms with Gasteiger partial charge in [-0.1, -0.05) is 25.0 Å². The number of amides is 1. The van der Waals surface area contributed by atoms with Gasteiger partial charge in [-0.25, -0.2) is 14.5 Å². The molecule has 208 valence electrons. The average molecular weight is 541 g/mol. The van der Waals surface area contributed by atoms with Gasteiger partial charge in [-0.3, -0.25) is 4.79 Å². The van der Waals surface area contributed by atoms with Crippen LogP contribution in [0.1, 0.15) is 51.4 Å². The maximum atomic E-state index is 12.2. The molecule has 7 rings (SSSR count). The molecule has 1 aromatic carbocycles. The lowest BCUT2D eigenvalue weighted by Gasteiger charge is -2.40. The zero-order valence-corrected chi connectivity index (χ0v) is 22.6. The molecular formula is C30H36N8O2. The van der Waals surface area contributed by atoms with Gasteiger partial charge < -0.3 is 25.3 Å². The number of hydrogen-bond donors (Lipinski definition) is 3. The van der Waals surface area contributed by atoms with E-state index in [9.17, 15) is 4.79 Å². The number of nitrogens with one attached hydrogen (secondary N) is 3. The van der Waals surface area contributed by atoms with E-state index < -0.39 is 0 Å². The molecule has 3 aliphatic rings. The number of aromatic nitrogens is 4. The number of anilines is 3. The third-order valence-corrected chi connectivity index (χ3v) is 8.44. The van der Waals surface area contributed by atoms with Crippen molar-refractivity contribution in [1.82, 2.24) is 24.9 Å². The summed E-state index contributed by atoms with van der Waals surface area (Å²) in [7, 11) is 0. The fourth-order valence-corrected chi connectivity index (χ4v) is 6.12. The summed E-state index contributed by atoms with van der Waals surface area (Å²) in [5, 5.41) is 14.9. The van der Waals surface area contributed by atoms with E-state index in [1.54, 1.807) is 12.5 Å². The minimum Gasteiger partial charge on any atom is -0.424 e. The highest BCUT2D eigenvalue weighted by Gasteiger charge is 2.31. The van der Waals surface area contributed by atoms with Crippen LogP contribution in [0.25, 0.3) is 17.0 Å². The van der Waals surface area contributed by atoms with Crippen LogP contribution in [0.5, 0.6) is 0 Å². The molecule has 2 aliphatic carbocycles. The number of fused-ring (bicyclic) bond motifs is 1. The molecule has 0 spiro atoms. The van der Waals surface area contributed by atoms with E-state index in [1.165, 1.54) is 24.9 Å². The Labute approximate surface area is 233 Å². The van der Waals surface area contributed by atoms with Gasteiger partial charge >= 0.3 is 0 Å². The Bertz CT molecular complexity index is 1480. The standard InChI is InChI=1S/C30H36N8O2/c39-29(20-10-11-20)35-22-6-3-5-21(15-22)27-16-31-30(40-27)36-26-9-2-1-8-25(26)34-23-7-4-14-37(17-23)24-12-13-28-32-19-33-38(28)18-24/h3,5-6,12-13,15-16,18-20,23,25-26,34H,1-2,4,7-11,14,17H2,(H,31,36)(H,35,39). The Kier molecular flexibility index (Phi) is 6.85. The summed E-state index contributed by atoms with van der Waals surface area (Å²) in [6.45, 7) is 2.02. The molecule has 3 aromatic heterocycles. The molecule has 4 aromatic rings. The summed E-state index contributed by atoms with van der Waals surface area (Å²) in [4.78, 5) is 23.5. The Morgan fingerprint density at radius 2 is 1.88 bits per heavy atom. The minimum absolute atomic E-state index is 0.102. The molecule has 4 heterocycles. The van der Waals surface area contributed by atoms with Crippen LogP contribution < -0.4 is 20.9 Å². The number of carbonyl (C=O) groups excluding carboxylic acids is 1. The van der Waals surface area contributed by atoms with Crippen LogP contribution in [0.2, 0.25) is 0 Å². The van der Waals surface area contributed by atoms with Gasteiger partial charge in [0.25, 0.3) is 6.01 Å². The topological polar surface area (TPSA) is 113 Å². The van der Waals surface area contributed by atoms with Crippen LogP contribution in [0, 0.1) is 5.92 Å². The van der Waals surface area contributed by atoms with Gasteiger partial charge in [0.1, 0.15) is 6.33 Å². The summed E-state index contributed by atoms with van der Waals surface area (Å²) < 4.78 is 8.00. The molecule has 0 bridgehead atoms. The van der Waals surface area contributed by atoms with Gasteiger partial charge in [0.05, 0.1) is 18.1 Å². The largest absolute Gasteiger partial charge is 0.424 e. The average Bonchev–Trinajstić information content (AvgIpc) is 3.55. The van der Waals surface area contributed by atoms with Gasteiger partial charge in [-0.15, -0.1) is 0 Å². The van der Waals surface area contributed by atoms with Gasteiger partial charge in [-0.2, -0.15) is 5.10 Å². The molecule has 10 heteroatoms. The second-order valence-electron chi connectivity index (χ2n) is 11.4. The highest BCUT2D eigenvalue weighted by atomic mass is 16.4. The van der Waals surface area contributed by atoms with E-state index >= 15 is 0 Å². The van der Waals surface area contributed by atoms with Crippen LogP contribution >= 0.6 is 0 Å². The summed E-state index contributed by atoms with van der Waals surface area (Å²) in [5.41, 5.74) is 3.75. The quantitative estimate of drug-likeness (QED) is 0.295. The van der Waals surface area contributed by atoms with Crippen molar-refractivity contribution in [3.05, 3.63) is 55.1 Å². The first-order valence-corrected chi connectivity index (χ1v) is 14.6. The lowest BCUT2D eigenvalue weighted by molar-refractivity contribution is -0.117. The van der Waals surface area contributed by atoms with E-state index in [0.29, 0.717) is 23.9 Å². The Hall–Kier alpha value is -3.92. The molecule has 3 fully saturated rings. The van der Waals surface area contributed by atoms with E-state index in [4.69, 9.17) is 4.42 Å². The lowest BCUT2D eigenvalue weighted by atomic mass is 9.89. The van der Waals surface area contributed by atoms with Crippen molar-refractivity contribution in [2.75, 3.05) is 28.6 Å². The molecule has 40 heavy (non-hydrogen) atoms. The van der Waals surface area contributed by atoms with Gasteiger partial charge in [0.15, 0.2) is 11.4 Å². The highest BCUT2D eigenvalue weighted by Crippen LogP contribution is 2.32. The molecule has 0 radical (unpaired) electrons. The summed E-state index contributed by atoms with van der Waals surface area (Å²) in [5.74, 6) is 0.963. The van der Waals surface area contributed by atoms with Crippen LogP contribution in [0.15, 0.2) is 59.5 Å². The summed E-state index contributed by atoms with van der Waals surface area (Å²) >= 11 is 0. The number of piperidine rings is 1. The van der Waals surface area contributed by atoms with Crippen molar-refractivity contribution in [2.24, 2.45) is 5.92 Å². The molecular weight excluding hydrogens is 504 g/mol. The number of oxazole rings is 1. The maximum Gasteiger partial charge on any atom is 0.295 e. The van der Waals surface area contributed by atoms with E-state index in [-0.39, 0.29) is 17.9 Å². The molecule has 1 aliphatic heterocycles. The van der Waals surface area contributed by atoms with Gasteiger partial charge in [0, 0.05) is 48.4 Å². The normalized spacial score (nSPS) is 23.3. The van der Waals surface area contributed by atoms with Crippen molar-refractivity contribution in [3.8, 4) is 11.3 Å². The highest BCUT2D eigenvalue weighted by molar-refractivity contribution is 5.94. The lowest BCUT2D eigenvalue weighted by Crippen LogP contribution is -2.54. The predicted molar refractivity (Wildman–Crippen MR) is 154 cm³/mol. The Morgan fingerprint density at radius 1 is 0.975 bits per heavy atom. The van der Waals surface area contributed by atoms with Crippen LogP contribution in [0.4, 0.5) is 17.4 Å². The predicted octanol–water partition coefficient (Wildman–Crippen LogP) is 4.71. The fourth-order valence-electron chi connectivity index (χ4n) is 6.12. The Balaban J connectivity index is 0.990. The monoisotopic (exact) mass is 540 g/mol. The second-order valence-corrected chi connectivity index (χ2v) is 11.4. The smallest absolute Gasteiger partial charge is 0.295 e. The molecule has 3 N–H and O–H groups in total. The SMILES string of the molecule is O=C(Nc1cccc(-c2cnc(NC3CCCCC3NC3CCCN(c4ccc5ncnn5c4)C3)o2)c1)C1CC1. The first kappa shape index (κ1) is 25.1. The van der Waals surface area contributed by atoms with Gasteiger partial charge in [0.2, 0.25) is 5.91 Å². The maximum absolute atomic E-state index is 12.2. The number of pyridine rings is 1. The fraction of sp³-hybridized carbons (Fsp3) is 0.467. The van der Waals surface area contributed by atoms with Crippen LogP contribution in [-0.2, 0) is 4.79 Å². The molecule has 10 nitrogen and oxygen atoms in total. The van der Waals surface area contributed by atoms with Gasteiger partial charge in [-0.05, 0) is 62.8 Å². The van der Waals surface area contributed by atoms with Crippen molar-refractivity contribution >= 4 is 28.9 Å². The third-order valence-electron chi connectivity index (χ3n) is 8.44. The zero-order chi connectivity index (χ0) is 26.9. The number of rotatable bonds is 8. The second kappa shape index (κ2) is 10.9. The van der Waals surface area contributed by atoms with E-state index in [0.717, 1.165) is 62.1 Å². The van der Waals surface area contributed by atoms with E-state index in [1.807, 2.05) is 34.8 Å². The van der Waals surface area contributed by atoms with E-state index in [2.05, 4.69) is 48.2 Å². The number of benzene rings is 1. The summed E-state index contributed by atoms with van der Waals surface area (Å²) in [6, 6.07) is 13.5. The molecule has 3 atom stereocenters. The van der Waals surface area contributed by atoms with Crippen LogP contribution in [-0.4, -0.2) is 56.7 Å². The minimum atomic E-state index is 0.102. The number of carbonyl (C=O) groups is 1. The van der Waals surface area contributed by atoms with Crippen molar-refractivity contribution < 1.29 is 9.21 Å². The molecule has 1 amide bonds.